The van der Waals surface area contributed by atoms with E-state index in [1.807, 2.05) is 0 Å². The molecule has 1 fully saturated rings. The Morgan fingerprint density at radius 3 is 2.58 bits per heavy atom. The third-order valence-corrected chi connectivity index (χ3v) is 3.63. The first-order chi connectivity index (χ1) is 8.82. The van der Waals surface area contributed by atoms with Gasteiger partial charge in [-0.15, -0.1) is 0 Å². The largest absolute Gasteiger partial charge is 0.481 e. The van der Waals surface area contributed by atoms with E-state index in [2.05, 4.69) is 10.6 Å². The molecule has 7 heteroatoms. The zero-order valence-corrected chi connectivity index (χ0v) is 11.2. The summed E-state index contributed by atoms with van der Waals surface area (Å²) in [6.45, 7) is 4.18. The molecule has 108 valence electrons. The van der Waals surface area contributed by atoms with Crippen LogP contribution in [0.25, 0.3) is 0 Å². The lowest BCUT2D eigenvalue weighted by Crippen LogP contribution is -2.66. The second-order valence-corrected chi connectivity index (χ2v) is 4.96. The summed E-state index contributed by atoms with van der Waals surface area (Å²) in [6, 6.07) is -0.683. The molecule has 3 unspecified atom stereocenters. The van der Waals surface area contributed by atoms with Crippen molar-refractivity contribution in [3.63, 3.8) is 0 Å². The molecule has 0 aromatic heterocycles. The highest BCUT2D eigenvalue weighted by Gasteiger charge is 2.47. The fourth-order valence-corrected chi connectivity index (χ4v) is 2.16. The average Bonchev–Trinajstić information content (AvgIpc) is 2.37. The van der Waals surface area contributed by atoms with E-state index in [0.29, 0.717) is 19.5 Å². The second-order valence-electron chi connectivity index (χ2n) is 4.96. The molecule has 19 heavy (non-hydrogen) atoms. The summed E-state index contributed by atoms with van der Waals surface area (Å²) in [5, 5.41) is 14.8. The van der Waals surface area contributed by atoms with Crippen molar-refractivity contribution in [2.24, 2.45) is 11.7 Å². The smallest absolute Gasteiger partial charge is 0.309 e. The maximum absolute atomic E-state index is 11.9. The first-order valence-corrected chi connectivity index (χ1v) is 6.37. The number of rotatable bonds is 6. The molecule has 0 aromatic rings. The SMILES string of the molecule is CCC(N)C(=O)CC(C(=O)O)C1(C)NCCNC1=O. The van der Waals surface area contributed by atoms with Gasteiger partial charge in [-0.1, -0.05) is 6.92 Å². The average molecular weight is 271 g/mol. The van der Waals surface area contributed by atoms with Gasteiger partial charge in [0.15, 0.2) is 0 Å². The number of carbonyl (C=O) groups is 3. The Hall–Kier alpha value is -1.47. The number of piperazine rings is 1. The molecule has 5 N–H and O–H groups in total. The lowest BCUT2D eigenvalue weighted by molar-refractivity contribution is -0.151. The summed E-state index contributed by atoms with van der Waals surface area (Å²) in [7, 11) is 0. The number of hydrogen-bond donors (Lipinski definition) is 4. The number of aliphatic carboxylic acids is 1. The molecule has 0 spiro atoms. The van der Waals surface area contributed by atoms with Crippen LogP contribution >= 0.6 is 0 Å². The van der Waals surface area contributed by atoms with Gasteiger partial charge in [-0.25, -0.2) is 0 Å². The van der Waals surface area contributed by atoms with Crippen LogP contribution in [0.1, 0.15) is 26.7 Å². The molecule has 0 bridgehead atoms. The number of nitrogens with one attached hydrogen (secondary N) is 2. The zero-order valence-electron chi connectivity index (χ0n) is 11.2. The van der Waals surface area contributed by atoms with Crippen molar-refractivity contribution < 1.29 is 19.5 Å². The number of Topliss-reactive ketones (excluding diaryl/α,β-unsaturated/α-hetero) is 1. The Kier molecular flexibility index (Phi) is 5.02. The third kappa shape index (κ3) is 3.30. The highest BCUT2D eigenvalue weighted by Crippen LogP contribution is 2.24. The van der Waals surface area contributed by atoms with Crippen LogP contribution in [0.15, 0.2) is 0 Å². The van der Waals surface area contributed by atoms with Gasteiger partial charge in [0, 0.05) is 19.5 Å². The summed E-state index contributed by atoms with van der Waals surface area (Å²) in [4.78, 5) is 35.1. The van der Waals surface area contributed by atoms with E-state index >= 15 is 0 Å². The zero-order chi connectivity index (χ0) is 14.6. The maximum atomic E-state index is 11.9. The molecule has 1 heterocycles. The van der Waals surface area contributed by atoms with E-state index in [4.69, 9.17) is 5.73 Å². The van der Waals surface area contributed by atoms with Crippen molar-refractivity contribution in [3.8, 4) is 0 Å². The molecule has 0 saturated carbocycles. The summed E-state index contributed by atoms with van der Waals surface area (Å²) < 4.78 is 0. The van der Waals surface area contributed by atoms with Crippen molar-refractivity contribution in [1.82, 2.24) is 10.6 Å². The minimum atomic E-state index is -1.28. The molecular formula is C12H21N3O4. The second kappa shape index (κ2) is 6.12. The summed E-state index contributed by atoms with van der Waals surface area (Å²) in [5.74, 6) is -3.04. The Labute approximate surface area is 111 Å². The minimum absolute atomic E-state index is 0.249. The van der Waals surface area contributed by atoms with Crippen LogP contribution in [0.5, 0.6) is 0 Å². The van der Waals surface area contributed by atoms with E-state index in [-0.39, 0.29) is 12.2 Å². The Bertz CT molecular complexity index is 385. The first kappa shape index (κ1) is 15.6. The fourth-order valence-electron chi connectivity index (χ4n) is 2.16. The van der Waals surface area contributed by atoms with E-state index < -0.39 is 29.4 Å². The van der Waals surface area contributed by atoms with Crippen LogP contribution in [0.4, 0.5) is 0 Å². The lowest BCUT2D eigenvalue weighted by atomic mass is 9.79. The van der Waals surface area contributed by atoms with Crippen molar-refractivity contribution >= 4 is 17.7 Å². The molecule has 0 radical (unpaired) electrons. The number of carbonyl (C=O) groups excluding carboxylic acids is 2. The molecule has 1 saturated heterocycles. The van der Waals surface area contributed by atoms with Gasteiger partial charge in [0.2, 0.25) is 5.91 Å². The minimum Gasteiger partial charge on any atom is -0.481 e. The van der Waals surface area contributed by atoms with Crippen molar-refractivity contribution in [2.75, 3.05) is 13.1 Å². The van der Waals surface area contributed by atoms with Gasteiger partial charge < -0.3 is 21.5 Å². The molecular weight excluding hydrogens is 250 g/mol. The molecule has 1 rings (SSSR count). The molecule has 1 aliphatic heterocycles. The molecule has 3 atom stereocenters. The van der Waals surface area contributed by atoms with Crippen LogP contribution in [-0.4, -0.2) is 47.4 Å². The number of nitrogens with two attached hydrogens (primary N) is 1. The van der Waals surface area contributed by atoms with Crippen LogP contribution in [0, 0.1) is 5.92 Å². The predicted octanol–water partition coefficient (Wildman–Crippen LogP) is -1.14. The Balaban J connectivity index is 2.91. The van der Waals surface area contributed by atoms with Gasteiger partial charge in [0.1, 0.15) is 11.3 Å². The van der Waals surface area contributed by atoms with E-state index in [1.54, 1.807) is 6.92 Å². The quantitative estimate of drug-likeness (QED) is 0.484. The van der Waals surface area contributed by atoms with Crippen LogP contribution in [-0.2, 0) is 14.4 Å². The van der Waals surface area contributed by atoms with Crippen molar-refractivity contribution in [3.05, 3.63) is 0 Å². The number of carboxylic acid groups (broad SMARTS) is 1. The van der Waals surface area contributed by atoms with Gasteiger partial charge in [0.25, 0.3) is 0 Å². The number of carboxylic acids is 1. The molecule has 7 nitrogen and oxygen atoms in total. The highest BCUT2D eigenvalue weighted by molar-refractivity contribution is 5.95. The molecule has 1 amide bonds. The summed E-state index contributed by atoms with van der Waals surface area (Å²) >= 11 is 0. The molecule has 1 aliphatic rings. The predicted molar refractivity (Wildman–Crippen MR) is 68.4 cm³/mol. The number of amides is 1. The topological polar surface area (TPSA) is 122 Å². The molecule has 0 aromatic carbocycles. The Morgan fingerprint density at radius 1 is 1.47 bits per heavy atom. The molecule has 0 aliphatic carbocycles. The maximum Gasteiger partial charge on any atom is 0.309 e. The van der Waals surface area contributed by atoms with Gasteiger partial charge in [-0.05, 0) is 13.3 Å². The van der Waals surface area contributed by atoms with Crippen LogP contribution in [0.3, 0.4) is 0 Å². The first-order valence-electron chi connectivity index (χ1n) is 6.37. The van der Waals surface area contributed by atoms with Crippen LogP contribution in [0.2, 0.25) is 0 Å². The monoisotopic (exact) mass is 271 g/mol. The van der Waals surface area contributed by atoms with E-state index in [1.165, 1.54) is 6.92 Å². The highest BCUT2D eigenvalue weighted by atomic mass is 16.4. The van der Waals surface area contributed by atoms with E-state index in [0.717, 1.165) is 0 Å². The fraction of sp³-hybridized carbons (Fsp3) is 0.750. The van der Waals surface area contributed by atoms with E-state index in [9.17, 15) is 19.5 Å². The lowest BCUT2D eigenvalue weighted by Gasteiger charge is -2.38. The van der Waals surface area contributed by atoms with Crippen molar-refractivity contribution in [1.29, 1.82) is 0 Å². The normalized spacial score (nSPS) is 26.4. The van der Waals surface area contributed by atoms with Crippen molar-refractivity contribution in [2.45, 2.75) is 38.3 Å². The van der Waals surface area contributed by atoms with Gasteiger partial charge in [0.05, 0.1) is 12.0 Å². The number of ketones is 1. The summed E-state index contributed by atoms with van der Waals surface area (Å²) in [6.07, 6.45) is 0.197. The van der Waals surface area contributed by atoms with Gasteiger partial charge >= 0.3 is 5.97 Å². The van der Waals surface area contributed by atoms with Gasteiger partial charge in [-0.2, -0.15) is 0 Å². The third-order valence-electron chi connectivity index (χ3n) is 3.63. The Morgan fingerprint density at radius 2 is 2.11 bits per heavy atom. The van der Waals surface area contributed by atoms with Gasteiger partial charge in [-0.3, -0.25) is 14.4 Å². The summed E-state index contributed by atoms with van der Waals surface area (Å²) in [5.41, 5.74) is 4.32. The number of hydrogen-bond acceptors (Lipinski definition) is 5. The van der Waals surface area contributed by atoms with Crippen LogP contribution < -0.4 is 16.4 Å². The standard InChI is InChI=1S/C12H21N3O4/c1-3-8(13)9(16)6-7(10(17)18)12(2)11(19)14-4-5-15-12/h7-8,15H,3-6,13H2,1-2H3,(H,14,19)(H,17,18).